The van der Waals surface area contributed by atoms with E-state index in [1.807, 2.05) is 12.1 Å². The van der Waals surface area contributed by atoms with Crippen molar-refractivity contribution in [3.8, 4) is 0 Å². The zero-order chi connectivity index (χ0) is 12.7. The predicted molar refractivity (Wildman–Crippen MR) is 83.7 cm³/mol. The van der Waals surface area contributed by atoms with Gasteiger partial charge in [-0.3, -0.25) is 0 Å². The lowest BCUT2D eigenvalue weighted by molar-refractivity contribution is 0.302. The lowest BCUT2D eigenvalue weighted by Crippen LogP contribution is -2.31. The maximum Gasteiger partial charge on any atom is 0.0409 e. The summed E-state index contributed by atoms with van der Waals surface area (Å²) >= 11 is 8.33. The smallest absolute Gasteiger partial charge is 0.0409 e. The lowest BCUT2D eigenvalue weighted by atomic mass is 10.2. The quantitative estimate of drug-likeness (QED) is 0.588. The van der Waals surface area contributed by atoms with E-state index >= 15 is 0 Å². The van der Waals surface area contributed by atoms with Crippen molar-refractivity contribution in [3.05, 3.63) is 32.4 Å². The molecule has 1 aromatic carbocycles. The Morgan fingerprint density at radius 1 is 1.29 bits per heavy atom. The van der Waals surface area contributed by atoms with E-state index < -0.39 is 0 Å². The third-order valence-corrected chi connectivity index (χ3v) is 4.11. The second-order valence-electron chi connectivity index (χ2n) is 3.94. The van der Waals surface area contributed by atoms with Gasteiger partial charge in [-0.15, -0.1) is 0 Å². The maximum atomic E-state index is 5.99. The van der Waals surface area contributed by atoms with Crippen molar-refractivity contribution < 1.29 is 0 Å². The topological polar surface area (TPSA) is 15.3 Å². The van der Waals surface area contributed by atoms with Crippen LogP contribution < -0.4 is 5.32 Å². The molecule has 0 fully saturated rings. The second-order valence-corrected chi connectivity index (χ2v) is 5.54. The van der Waals surface area contributed by atoms with Crippen molar-refractivity contribution in [2.24, 2.45) is 0 Å². The van der Waals surface area contributed by atoms with Gasteiger partial charge in [-0.05, 0) is 59.4 Å². The summed E-state index contributed by atoms with van der Waals surface area (Å²) in [6.07, 6.45) is 0. The van der Waals surface area contributed by atoms with Gasteiger partial charge in [-0.1, -0.05) is 25.4 Å². The van der Waals surface area contributed by atoms with Crippen LogP contribution >= 0.6 is 34.2 Å². The Hall–Kier alpha value is 0.160. The summed E-state index contributed by atoms with van der Waals surface area (Å²) in [5, 5.41) is 4.27. The van der Waals surface area contributed by atoms with Gasteiger partial charge in [0.2, 0.25) is 0 Å². The first-order chi connectivity index (χ1) is 8.17. The zero-order valence-corrected chi connectivity index (χ0v) is 13.4. The van der Waals surface area contributed by atoms with Gasteiger partial charge in [0.1, 0.15) is 0 Å². The van der Waals surface area contributed by atoms with E-state index in [4.69, 9.17) is 11.6 Å². The normalized spacial score (nSPS) is 11.1. The van der Waals surface area contributed by atoms with Crippen LogP contribution in [-0.4, -0.2) is 31.1 Å². The first kappa shape index (κ1) is 15.2. The molecule has 0 aliphatic carbocycles. The molecule has 0 radical (unpaired) electrons. The van der Waals surface area contributed by atoms with E-state index in [0.717, 1.165) is 37.7 Å². The number of likely N-dealkylation sites (N-methyl/N-ethyl adjacent to an activating group) is 1. The molecule has 0 bridgehead atoms. The Bertz CT molecular complexity index is 340. The molecule has 4 heteroatoms. The third kappa shape index (κ3) is 5.55. The molecule has 0 heterocycles. The SMILES string of the molecule is CCN(CC)CCNCc1cc(Cl)ccc1I. The van der Waals surface area contributed by atoms with Crippen LogP contribution in [0.3, 0.4) is 0 Å². The molecule has 1 rings (SSSR count). The minimum absolute atomic E-state index is 0.811. The standard InChI is InChI=1S/C13H20ClIN2/c1-3-17(4-2)8-7-16-10-11-9-12(14)5-6-13(11)15/h5-6,9,16H,3-4,7-8,10H2,1-2H3. The summed E-state index contributed by atoms with van der Waals surface area (Å²) in [5.41, 5.74) is 1.28. The number of nitrogens with one attached hydrogen (secondary N) is 1. The summed E-state index contributed by atoms with van der Waals surface area (Å²) in [6, 6.07) is 6.03. The number of benzene rings is 1. The van der Waals surface area contributed by atoms with E-state index in [1.165, 1.54) is 9.13 Å². The molecule has 0 aromatic heterocycles. The third-order valence-electron chi connectivity index (χ3n) is 2.82. The predicted octanol–water partition coefficient (Wildman–Crippen LogP) is 3.38. The molecule has 0 saturated heterocycles. The monoisotopic (exact) mass is 366 g/mol. The molecule has 0 aliphatic rings. The van der Waals surface area contributed by atoms with E-state index in [-0.39, 0.29) is 0 Å². The van der Waals surface area contributed by atoms with Gasteiger partial charge in [0.25, 0.3) is 0 Å². The van der Waals surface area contributed by atoms with Gasteiger partial charge in [0.05, 0.1) is 0 Å². The van der Waals surface area contributed by atoms with Gasteiger partial charge in [0, 0.05) is 28.2 Å². The summed E-state index contributed by atoms with van der Waals surface area (Å²) < 4.78 is 1.27. The molecule has 0 amide bonds. The van der Waals surface area contributed by atoms with Crippen molar-refractivity contribution in [1.82, 2.24) is 10.2 Å². The molecule has 0 unspecified atom stereocenters. The highest BCUT2D eigenvalue weighted by Crippen LogP contribution is 2.17. The van der Waals surface area contributed by atoms with E-state index in [1.54, 1.807) is 0 Å². The number of halogens is 2. The number of rotatable bonds is 7. The van der Waals surface area contributed by atoms with Crippen LogP contribution in [0.25, 0.3) is 0 Å². The van der Waals surface area contributed by atoms with Crippen LogP contribution in [0, 0.1) is 3.57 Å². The summed E-state index contributed by atoms with van der Waals surface area (Å²) in [7, 11) is 0. The fourth-order valence-electron chi connectivity index (χ4n) is 1.68. The van der Waals surface area contributed by atoms with Crippen LogP contribution in [0.4, 0.5) is 0 Å². The minimum Gasteiger partial charge on any atom is -0.311 e. The van der Waals surface area contributed by atoms with Crippen LogP contribution in [0.5, 0.6) is 0 Å². The molecule has 1 aromatic rings. The number of hydrogen-bond acceptors (Lipinski definition) is 2. The Labute approximate surface area is 123 Å². The minimum atomic E-state index is 0.811. The zero-order valence-electron chi connectivity index (χ0n) is 10.5. The summed E-state index contributed by atoms with van der Waals surface area (Å²) in [5.74, 6) is 0. The van der Waals surface area contributed by atoms with Gasteiger partial charge in [-0.2, -0.15) is 0 Å². The molecule has 2 nitrogen and oxygen atoms in total. The Morgan fingerprint density at radius 3 is 2.65 bits per heavy atom. The fourth-order valence-corrected chi connectivity index (χ4v) is 2.40. The Morgan fingerprint density at radius 2 is 2.00 bits per heavy atom. The van der Waals surface area contributed by atoms with Crippen molar-refractivity contribution in [2.45, 2.75) is 20.4 Å². The van der Waals surface area contributed by atoms with Gasteiger partial charge >= 0.3 is 0 Å². The largest absolute Gasteiger partial charge is 0.311 e. The molecule has 96 valence electrons. The fraction of sp³-hybridized carbons (Fsp3) is 0.538. The average molecular weight is 367 g/mol. The maximum absolute atomic E-state index is 5.99. The van der Waals surface area contributed by atoms with Gasteiger partial charge < -0.3 is 10.2 Å². The second kappa shape index (κ2) is 8.29. The summed E-state index contributed by atoms with van der Waals surface area (Å²) in [4.78, 5) is 2.41. The highest BCUT2D eigenvalue weighted by atomic mass is 127. The molecule has 0 aliphatic heterocycles. The van der Waals surface area contributed by atoms with Crippen molar-refractivity contribution in [2.75, 3.05) is 26.2 Å². The van der Waals surface area contributed by atoms with Gasteiger partial charge in [0.15, 0.2) is 0 Å². The number of nitrogens with zero attached hydrogens (tertiary/aromatic N) is 1. The first-order valence-corrected chi connectivity index (χ1v) is 7.50. The van der Waals surface area contributed by atoms with Crippen LogP contribution in [0.1, 0.15) is 19.4 Å². The van der Waals surface area contributed by atoms with Gasteiger partial charge in [-0.25, -0.2) is 0 Å². The highest BCUT2D eigenvalue weighted by molar-refractivity contribution is 14.1. The lowest BCUT2D eigenvalue weighted by Gasteiger charge is -2.18. The molecule has 0 saturated carbocycles. The van der Waals surface area contributed by atoms with E-state index in [0.29, 0.717) is 0 Å². The van der Waals surface area contributed by atoms with E-state index in [2.05, 4.69) is 52.7 Å². The highest BCUT2D eigenvalue weighted by Gasteiger charge is 2.01. The molecular formula is C13H20ClIN2. The Kier molecular flexibility index (Phi) is 7.43. The van der Waals surface area contributed by atoms with Crippen LogP contribution in [0.2, 0.25) is 5.02 Å². The molecule has 17 heavy (non-hydrogen) atoms. The van der Waals surface area contributed by atoms with Crippen LogP contribution in [0.15, 0.2) is 18.2 Å². The van der Waals surface area contributed by atoms with Crippen molar-refractivity contribution >= 4 is 34.2 Å². The van der Waals surface area contributed by atoms with Crippen molar-refractivity contribution in [1.29, 1.82) is 0 Å². The van der Waals surface area contributed by atoms with E-state index in [9.17, 15) is 0 Å². The summed E-state index contributed by atoms with van der Waals surface area (Å²) in [6.45, 7) is 9.64. The van der Waals surface area contributed by atoms with Crippen molar-refractivity contribution in [3.63, 3.8) is 0 Å². The molecule has 1 N–H and O–H groups in total. The average Bonchev–Trinajstić information content (AvgIpc) is 2.33. The van der Waals surface area contributed by atoms with Crippen LogP contribution in [-0.2, 0) is 6.54 Å². The molecular weight excluding hydrogens is 347 g/mol. The first-order valence-electron chi connectivity index (χ1n) is 6.04. The Balaban J connectivity index is 2.33. The molecule has 0 atom stereocenters. The number of hydrogen-bond donors (Lipinski definition) is 1. The molecule has 0 spiro atoms.